The maximum Gasteiger partial charge on any atom is 0.419 e. The molecular weight excluding hydrogens is 304 g/mol. The van der Waals surface area contributed by atoms with Gasteiger partial charge >= 0.3 is 5.76 Å². The lowest BCUT2D eigenvalue weighted by Gasteiger charge is -2.06. The van der Waals surface area contributed by atoms with Crippen LogP contribution in [0.15, 0.2) is 57.7 Å². The van der Waals surface area contributed by atoms with E-state index in [-0.39, 0.29) is 11.7 Å². The molecule has 3 rings (SSSR count). The molecule has 0 aliphatic heterocycles. The van der Waals surface area contributed by atoms with Gasteiger partial charge in [-0.2, -0.15) is 0 Å². The molecule has 0 fully saturated rings. The Morgan fingerprint density at radius 3 is 2.67 bits per heavy atom. The van der Waals surface area contributed by atoms with Gasteiger partial charge in [-0.25, -0.2) is 4.79 Å². The van der Waals surface area contributed by atoms with Gasteiger partial charge in [0.1, 0.15) is 0 Å². The summed E-state index contributed by atoms with van der Waals surface area (Å²) in [6.07, 6.45) is 1.95. The number of rotatable bonds is 6. The van der Waals surface area contributed by atoms with E-state index in [1.165, 1.54) is 10.1 Å². The van der Waals surface area contributed by atoms with Gasteiger partial charge in [0.25, 0.3) is 0 Å². The highest BCUT2D eigenvalue weighted by Gasteiger charge is 2.07. The molecule has 0 saturated carbocycles. The third kappa shape index (κ3) is 3.74. The first kappa shape index (κ1) is 16.1. The average Bonchev–Trinajstić information content (AvgIpc) is 2.88. The van der Waals surface area contributed by atoms with Crippen LogP contribution < -0.4 is 11.1 Å². The number of hydrogen-bond donors (Lipinski definition) is 1. The first-order valence-corrected chi connectivity index (χ1v) is 8.02. The van der Waals surface area contributed by atoms with E-state index in [4.69, 9.17) is 4.42 Å². The van der Waals surface area contributed by atoms with Crippen molar-refractivity contribution in [3.8, 4) is 0 Å². The third-order valence-electron chi connectivity index (χ3n) is 4.08. The molecule has 5 nitrogen and oxygen atoms in total. The van der Waals surface area contributed by atoms with Crippen molar-refractivity contribution in [3.05, 3.63) is 70.2 Å². The van der Waals surface area contributed by atoms with Crippen molar-refractivity contribution in [2.45, 2.75) is 19.3 Å². The number of aryl methyl sites for hydroxylation is 2. The molecule has 1 aromatic heterocycles. The summed E-state index contributed by atoms with van der Waals surface area (Å²) in [5.41, 5.74) is 3.58. The molecule has 3 aromatic rings. The zero-order valence-electron chi connectivity index (χ0n) is 13.6. The van der Waals surface area contributed by atoms with Crippen LogP contribution in [0.2, 0.25) is 0 Å². The quantitative estimate of drug-likeness (QED) is 0.757. The van der Waals surface area contributed by atoms with E-state index in [0.29, 0.717) is 25.0 Å². The Hall–Kier alpha value is -2.82. The van der Waals surface area contributed by atoms with Crippen molar-refractivity contribution in [1.29, 1.82) is 0 Å². The van der Waals surface area contributed by atoms with Crippen molar-refractivity contribution in [3.63, 3.8) is 0 Å². The second kappa shape index (κ2) is 7.17. The van der Waals surface area contributed by atoms with Gasteiger partial charge in [-0.3, -0.25) is 9.36 Å². The number of hydrogen-bond acceptors (Lipinski definition) is 3. The van der Waals surface area contributed by atoms with Crippen LogP contribution in [0.3, 0.4) is 0 Å². The lowest BCUT2D eigenvalue weighted by atomic mass is 10.1. The van der Waals surface area contributed by atoms with Crippen LogP contribution in [-0.2, 0) is 24.7 Å². The summed E-state index contributed by atoms with van der Waals surface area (Å²) in [5.74, 6) is -0.313. The molecule has 1 N–H and O–H groups in total. The molecule has 0 saturated heterocycles. The SMILES string of the molecule is Cn1c(=O)oc2ccc(CCNC(=O)CCc3ccccc3)cc21. The van der Waals surface area contributed by atoms with Crippen LogP contribution in [0.1, 0.15) is 17.5 Å². The highest BCUT2D eigenvalue weighted by molar-refractivity contribution is 5.76. The minimum Gasteiger partial charge on any atom is -0.408 e. The van der Waals surface area contributed by atoms with Crippen LogP contribution in [-0.4, -0.2) is 17.0 Å². The van der Waals surface area contributed by atoms with Crippen molar-refractivity contribution in [2.24, 2.45) is 7.05 Å². The number of fused-ring (bicyclic) bond motifs is 1. The van der Waals surface area contributed by atoms with Gasteiger partial charge in [-0.15, -0.1) is 0 Å². The smallest absolute Gasteiger partial charge is 0.408 e. The molecule has 0 unspecified atom stereocenters. The first-order chi connectivity index (χ1) is 11.6. The lowest BCUT2D eigenvalue weighted by Crippen LogP contribution is -2.25. The van der Waals surface area contributed by atoms with E-state index in [9.17, 15) is 9.59 Å². The Kier molecular flexibility index (Phi) is 4.79. The summed E-state index contributed by atoms with van der Waals surface area (Å²) >= 11 is 0. The average molecular weight is 324 g/mol. The van der Waals surface area contributed by atoms with Gasteiger partial charge in [0.05, 0.1) is 5.52 Å². The highest BCUT2D eigenvalue weighted by Crippen LogP contribution is 2.14. The van der Waals surface area contributed by atoms with Gasteiger partial charge in [0.15, 0.2) is 5.58 Å². The molecular formula is C19H20N2O3. The summed E-state index contributed by atoms with van der Waals surface area (Å²) in [6, 6.07) is 15.6. The fraction of sp³-hybridized carbons (Fsp3) is 0.263. The Labute approximate surface area is 139 Å². The molecule has 124 valence electrons. The Morgan fingerprint density at radius 2 is 1.88 bits per heavy atom. The van der Waals surface area contributed by atoms with Crippen LogP contribution in [0.4, 0.5) is 0 Å². The molecule has 5 heteroatoms. The minimum absolute atomic E-state index is 0.0515. The molecule has 0 aliphatic rings. The first-order valence-electron chi connectivity index (χ1n) is 8.02. The summed E-state index contributed by atoms with van der Waals surface area (Å²) in [5, 5.41) is 2.94. The number of aromatic nitrogens is 1. The second-order valence-corrected chi connectivity index (χ2v) is 5.81. The predicted octanol–water partition coefficient (Wildman–Crippen LogP) is 2.42. The lowest BCUT2D eigenvalue weighted by molar-refractivity contribution is -0.121. The van der Waals surface area contributed by atoms with Crippen LogP contribution in [0.5, 0.6) is 0 Å². The zero-order valence-corrected chi connectivity index (χ0v) is 13.6. The topological polar surface area (TPSA) is 64.2 Å². The van der Waals surface area contributed by atoms with E-state index in [2.05, 4.69) is 5.32 Å². The molecule has 0 spiro atoms. The van der Waals surface area contributed by atoms with Gasteiger partial charge in [0, 0.05) is 20.0 Å². The zero-order chi connectivity index (χ0) is 16.9. The second-order valence-electron chi connectivity index (χ2n) is 5.81. The Morgan fingerprint density at radius 1 is 1.08 bits per heavy atom. The molecule has 0 radical (unpaired) electrons. The molecule has 0 aliphatic carbocycles. The standard InChI is InChI=1S/C19H20N2O3/c1-21-16-13-15(7-9-17(16)24-19(21)23)11-12-20-18(22)10-8-14-5-3-2-4-6-14/h2-7,9,13H,8,10-12H2,1H3,(H,20,22). The molecule has 0 bridgehead atoms. The Bertz CT molecular complexity index is 894. The number of nitrogens with one attached hydrogen (secondary N) is 1. The normalized spacial score (nSPS) is 10.9. The van der Waals surface area contributed by atoms with Crippen molar-refractivity contribution in [2.75, 3.05) is 6.54 Å². The van der Waals surface area contributed by atoms with Crippen LogP contribution in [0.25, 0.3) is 11.1 Å². The third-order valence-corrected chi connectivity index (χ3v) is 4.08. The van der Waals surface area contributed by atoms with E-state index >= 15 is 0 Å². The fourth-order valence-electron chi connectivity index (χ4n) is 2.66. The number of carbonyl (C=O) groups is 1. The van der Waals surface area contributed by atoms with Crippen molar-refractivity contribution in [1.82, 2.24) is 9.88 Å². The van der Waals surface area contributed by atoms with E-state index in [0.717, 1.165) is 17.5 Å². The maximum atomic E-state index is 11.9. The number of amides is 1. The van der Waals surface area contributed by atoms with Gasteiger partial charge in [0.2, 0.25) is 5.91 Å². The summed E-state index contributed by atoms with van der Waals surface area (Å²) < 4.78 is 6.59. The van der Waals surface area contributed by atoms with Crippen molar-refractivity contribution < 1.29 is 9.21 Å². The van der Waals surface area contributed by atoms with Gasteiger partial charge in [-0.1, -0.05) is 36.4 Å². The molecule has 24 heavy (non-hydrogen) atoms. The summed E-state index contributed by atoms with van der Waals surface area (Å²) in [4.78, 5) is 23.4. The molecule has 2 aromatic carbocycles. The van der Waals surface area contributed by atoms with Crippen LogP contribution >= 0.6 is 0 Å². The largest absolute Gasteiger partial charge is 0.419 e. The summed E-state index contributed by atoms with van der Waals surface area (Å²) in [7, 11) is 1.68. The van der Waals surface area contributed by atoms with E-state index in [1.807, 2.05) is 42.5 Å². The van der Waals surface area contributed by atoms with E-state index < -0.39 is 0 Å². The Balaban J connectivity index is 1.50. The van der Waals surface area contributed by atoms with Crippen LogP contribution in [0, 0.1) is 0 Å². The number of carbonyl (C=O) groups excluding carboxylic acids is 1. The number of benzene rings is 2. The molecule has 1 amide bonds. The van der Waals surface area contributed by atoms with Gasteiger partial charge < -0.3 is 9.73 Å². The van der Waals surface area contributed by atoms with Gasteiger partial charge in [-0.05, 0) is 36.1 Å². The monoisotopic (exact) mass is 324 g/mol. The highest BCUT2D eigenvalue weighted by atomic mass is 16.4. The van der Waals surface area contributed by atoms with Crippen molar-refractivity contribution >= 4 is 17.0 Å². The van der Waals surface area contributed by atoms with E-state index in [1.54, 1.807) is 13.1 Å². The summed E-state index contributed by atoms with van der Waals surface area (Å²) in [6.45, 7) is 0.574. The molecule has 1 heterocycles. The number of oxazole rings is 1. The minimum atomic E-state index is -0.364. The fourth-order valence-corrected chi connectivity index (χ4v) is 2.66. The predicted molar refractivity (Wildman–Crippen MR) is 92.9 cm³/mol. The maximum absolute atomic E-state index is 11.9. The number of nitrogens with zero attached hydrogens (tertiary/aromatic N) is 1. The molecule has 0 atom stereocenters.